The lowest BCUT2D eigenvalue weighted by Crippen LogP contribution is -2.49. The molecule has 1 saturated carbocycles. The first-order valence-electron chi connectivity index (χ1n) is 16.7. The minimum atomic E-state index is -1.34. The molecule has 6 amide bonds. The molecule has 2 aliphatic carbocycles. The molecule has 4 aliphatic rings. The van der Waals surface area contributed by atoms with E-state index in [1.165, 1.54) is 9.58 Å². The fraction of sp³-hybridized carbons (Fsp3) is 0.351. The van der Waals surface area contributed by atoms with Crippen LogP contribution in [0, 0.1) is 36.0 Å². The molecule has 4 aromatic rings. The Bertz CT molecular complexity index is 2240. The number of anilines is 1. The Morgan fingerprint density at radius 1 is 1.10 bits per heavy atom. The van der Waals surface area contributed by atoms with Crippen LogP contribution in [0.5, 0.6) is 5.75 Å². The molecule has 0 bridgehead atoms. The number of halogens is 1. The monoisotopic (exact) mass is 727 g/mol. The molecule has 6 atom stereocenters. The number of rotatable bonds is 6. The smallest absolute Gasteiger partial charge is 0.328 e. The van der Waals surface area contributed by atoms with Crippen LogP contribution in [0.15, 0.2) is 60.2 Å². The summed E-state index contributed by atoms with van der Waals surface area (Å²) in [6.45, 7) is 3.52. The molecular formula is C37H34ClN5O7S. The summed E-state index contributed by atoms with van der Waals surface area (Å²) < 4.78 is 8.53. The minimum Gasteiger partial charge on any atom is -0.491 e. The second kappa shape index (κ2) is 11.9. The third kappa shape index (κ3) is 4.67. The predicted molar refractivity (Wildman–Crippen MR) is 189 cm³/mol. The number of hydrogen-bond donors (Lipinski definition) is 2. The van der Waals surface area contributed by atoms with Gasteiger partial charge in [-0.2, -0.15) is 10.00 Å². The molecule has 0 radical (unpaired) electrons. The topological polar surface area (TPSA) is 165 Å². The van der Waals surface area contributed by atoms with E-state index in [9.17, 15) is 24.3 Å². The largest absolute Gasteiger partial charge is 0.491 e. The Kier molecular flexibility index (Phi) is 7.74. The number of nitrogens with zero attached hydrogens (tertiary/aromatic N) is 4. The Hall–Kier alpha value is -4.85. The molecule has 3 fully saturated rings. The highest BCUT2D eigenvalue weighted by Gasteiger charge is 2.68. The average Bonchev–Trinajstić information content (AvgIpc) is 3.77. The van der Waals surface area contributed by atoms with Crippen molar-refractivity contribution in [3.8, 4) is 16.3 Å². The van der Waals surface area contributed by atoms with Crippen LogP contribution < -0.4 is 15.4 Å². The van der Waals surface area contributed by atoms with E-state index in [1.54, 1.807) is 49.6 Å². The van der Waals surface area contributed by atoms with E-state index in [4.69, 9.17) is 27.2 Å². The predicted octanol–water partition coefficient (Wildman–Crippen LogP) is 4.94. The van der Waals surface area contributed by atoms with Gasteiger partial charge in [-0.3, -0.25) is 23.9 Å². The maximum Gasteiger partial charge on any atom is 0.328 e. The second-order valence-electron chi connectivity index (χ2n) is 13.8. The number of hydrogen-bond acceptors (Lipinski definition) is 9. The highest BCUT2D eigenvalue weighted by molar-refractivity contribution is 7.22. The van der Waals surface area contributed by atoms with Crippen molar-refractivity contribution in [2.75, 3.05) is 18.1 Å². The van der Waals surface area contributed by atoms with E-state index in [0.29, 0.717) is 32.7 Å². The second-order valence-corrected chi connectivity index (χ2v) is 15.3. The molecule has 2 saturated heterocycles. The first kappa shape index (κ1) is 33.3. The van der Waals surface area contributed by atoms with Crippen LogP contribution in [0.25, 0.3) is 20.7 Å². The Balaban J connectivity index is 1.26. The number of ether oxygens (including phenoxy) is 1. The van der Waals surface area contributed by atoms with Crippen LogP contribution >= 0.6 is 22.9 Å². The number of primary amides is 1. The lowest BCUT2D eigenvalue weighted by Gasteiger charge is -2.49. The number of nitrogens with two attached hydrogens (primary N) is 1. The summed E-state index contributed by atoms with van der Waals surface area (Å²) in [5.74, 6) is -5.50. The van der Waals surface area contributed by atoms with Gasteiger partial charge in [-0.15, -0.1) is 11.3 Å². The number of aliphatic hydroxyl groups is 1. The highest BCUT2D eigenvalue weighted by Crippen LogP contribution is 2.64. The first-order valence-corrected chi connectivity index (χ1v) is 17.9. The molecule has 3 N–H and O–H groups in total. The zero-order chi connectivity index (χ0) is 36.1. The SMILES string of the molecule is Cc1c(-c2cc(N3C(=O)[C@@H]4C[C@@H]5C(=CC[C@@H]6C(=O)N(C(N)=O)C(=O)[C@@H]65)[C@H](c5ccccc5OCCO)[C@]4(C)C3=O)n(C)n2)sc2ccc(Cl)cc12. The summed E-state index contributed by atoms with van der Waals surface area (Å²) in [6, 6.07) is 13.4. The van der Waals surface area contributed by atoms with Crippen LogP contribution in [-0.4, -0.2) is 62.7 Å². The van der Waals surface area contributed by atoms with E-state index in [2.05, 4.69) is 0 Å². The molecule has 2 aliphatic heterocycles. The Morgan fingerprint density at radius 2 is 1.86 bits per heavy atom. The zero-order valence-corrected chi connectivity index (χ0v) is 29.5. The number of allylic oxidation sites excluding steroid dienone is 2. The highest BCUT2D eigenvalue weighted by atomic mass is 35.5. The number of aromatic nitrogens is 2. The quantitative estimate of drug-likeness (QED) is 0.208. The number of aliphatic hydroxyl groups excluding tert-OH is 1. The summed E-state index contributed by atoms with van der Waals surface area (Å²) in [4.78, 5) is 71.7. The fourth-order valence-electron chi connectivity index (χ4n) is 9.02. The van der Waals surface area contributed by atoms with Crippen molar-refractivity contribution in [1.82, 2.24) is 14.7 Å². The first-order chi connectivity index (χ1) is 24.4. The lowest BCUT2D eigenvalue weighted by molar-refractivity contribution is -0.136. The molecule has 8 rings (SSSR count). The molecule has 14 heteroatoms. The van der Waals surface area contributed by atoms with Crippen LogP contribution in [-0.2, 0) is 26.2 Å². The summed E-state index contributed by atoms with van der Waals surface area (Å²) in [6.07, 6.45) is 2.15. The molecular weight excluding hydrogens is 694 g/mol. The van der Waals surface area contributed by atoms with Gasteiger partial charge in [0.15, 0.2) is 0 Å². The van der Waals surface area contributed by atoms with E-state index >= 15 is 4.79 Å². The number of carbonyl (C=O) groups is 5. The van der Waals surface area contributed by atoms with Crippen LogP contribution in [0.1, 0.15) is 36.8 Å². The number of benzene rings is 2. The molecule has 51 heavy (non-hydrogen) atoms. The summed E-state index contributed by atoms with van der Waals surface area (Å²) >= 11 is 7.83. The number of thiophene rings is 1. The number of aryl methyl sites for hydroxylation is 2. The third-order valence-electron chi connectivity index (χ3n) is 11.3. The van der Waals surface area contributed by atoms with E-state index in [-0.39, 0.29) is 26.1 Å². The van der Waals surface area contributed by atoms with Crippen molar-refractivity contribution < 1.29 is 33.8 Å². The van der Waals surface area contributed by atoms with Gasteiger partial charge >= 0.3 is 6.03 Å². The van der Waals surface area contributed by atoms with Crippen molar-refractivity contribution in [2.24, 2.45) is 41.9 Å². The molecule has 0 unspecified atom stereocenters. The molecule has 2 aromatic carbocycles. The number of likely N-dealkylation sites (tertiary alicyclic amines) is 1. The van der Waals surface area contributed by atoms with Gasteiger partial charge < -0.3 is 15.6 Å². The molecule has 4 heterocycles. The molecule has 2 aromatic heterocycles. The summed E-state index contributed by atoms with van der Waals surface area (Å²) in [5.41, 5.74) is 7.07. The zero-order valence-electron chi connectivity index (χ0n) is 28.0. The van der Waals surface area contributed by atoms with Crippen LogP contribution in [0.3, 0.4) is 0 Å². The maximum atomic E-state index is 15.0. The summed E-state index contributed by atoms with van der Waals surface area (Å²) in [7, 11) is 1.69. The van der Waals surface area contributed by atoms with Gasteiger partial charge in [0.1, 0.15) is 23.9 Å². The summed E-state index contributed by atoms with van der Waals surface area (Å²) in [5, 5.41) is 16.0. The Morgan fingerprint density at radius 3 is 2.61 bits per heavy atom. The number of imide groups is 4. The number of para-hydroxylation sites is 1. The van der Waals surface area contributed by atoms with E-state index in [0.717, 1.165) is 26.1 Å². The number of urea groups is 1. The van der Waals surface area contributed by atoms with E-state index < -0.39 is 64.7 Å². The number of amides is 6. The van der Waals surface area contributed by atoms with Gasteiger partial charge in [-0.25, -0.2) is 9.69 Å². The fourth-order valence-corrected chi connectivity index (χ4v) is 10.3. The standard InChI is InChI=1S/C37H34ClN5O7S/c1-17-22-14-18(38)8-11-27(22)51-31(17)25-16-28(41(3)40-25)42-33(46)24-15-23-19(9-10-21-29(23)34(47)43(32(21)45)36(39)49)30(37(24,2)35(42)48)20-6-4-5-7-26(20)50-13-12-44/h4-9,11,14,16,21,23-24,29-30,44H,10,12-13,15H2,1-3H3,(H2,39,49)/t21-,23+,24-,29-,30+,37+/m0/s1. The van der Waals surface area contributed by atoms with Gasteiger partial charge in [-0.1, -0.05) is 41.4 Å². The molecule has 12 nitrogen and oxygen atoms in total. The maximum absolute atomic E-state index is 15.0. The van der Waals surface area contributed by atoms with Crippen LogP contribution in [0.4, 0.5) is 10.6 Å². The normalized spacial score (nSPS) is 27.2. The van der Waals surface area contributed by atoms with Crippen molar-refractivity contribution in [3.63, 3.8) is 0 Å². The van der Waals surface area contributed by atoms with Crippen molar-refractivity contribution in [2.45, 2.75) is 32.6 Å². The van der Waals surface area contributed by atoms with Gasteiger partial charge in [0.2, 0.25) is 23.6 Å². The van der Waals surface area contributed by atoms with E-state index in [1.807, 2.05) is 37.3 Å². The van der Waals surface area contributed by atoms with Crippen LogP contribution in [0.2, 0.25) is 5.02 Å². The lowest BCUT2D eigenvalue weighted by atomic mass is 9.51. The van der Waals surface area contributed by atoms with Crippen molar-refractivity contribution >= 4 is 68.5 Å². The Labute approximate surface area is 301 Å². The molecule has 0 spiro atoms. The van der Waals surface area contributed by atoms with Gasteiger partial charge in [0.05, 0.1) is 34.7 Å². The van der Waals surface area contributed by atoms with Gasteiger partial charge in [-0.05, 0) is 67.8 Å². The van der Waals surface area contributed by atoms with Crippen molar-refractivity contribution in [1.29, 1.82) is 0 Å². The third-order valence-corrected chi connectivity index (χ3v) is 12.8. The number of carbonyl (C=O) groups excluding carboxylic acids is 5. The minimum absolute atomic E-state index is 0.00222. The van der Waals surface area contributed by atoms with Crippen molar-refractivity contribution in [3.05, 3.63) is 76.3 Å². The average molecular weight is 728 g/mol. The van der Waals surface area contributed by atoms with Gasteiger partial charge in [0, 0.05) is 34.3 Å². The molecule has 262 valence electrons. The van der Waals surface area contributed by atoms with Gasteiger partial charge in [0.25, 0.3) is 0 Å². The number of fused-ring (bicyclic) bond motifs is 5.